The summed E-state index contributed by atoms with van der Waals surface area (Å²) >= 11 is 0. The monoisotopic (exact) mass is 445 g/mol. The fourth-order valence-electron chi connectivity index (χ4n) is 2.82. The molecule has 0 saturated heterocycles. The molecule has 1 unspecified atom stereocenters. The van der Waals surface area contributed by atoms with E-state index in [4.69, 9.17) is 14.1 Å². The van der Waals surface area contributed by atoms with Crippen molar-refractivity contribution in [3.8, 4) is 5.75 Å². The molecule has 1 aliphatic heterocycles. The van der Waals surface area contributed by atoms with E-state index in [1.165, 1.54) is 6.07 Å². The van der Waals surface area contributed by atoms with Crippen LogP contribution < -0.4 is 9.97 Å². The van der Waals surface area contributed by atoms with Crippen molar-refractivity contribution < 1.29 is 46.7 Å². The Morgan fingerprint density at radius 3 is 2.65 bits per heavy atom. The number of alkyl halides is 3. The molecule has 0 aromatic heterocycles. The minimum absolute atomic E-state index is 0.00732. The molecule has 1 aromatic carbocycles. The predicted molar refractivity (Wildman–Crippen MR) is 102 cm³/mol. The van der Waals surface area contributed by atoms with Gasteiger partial charge in [0.15, 0.2) is 0 Å². The van der Waals surface area contributed by atoms with Gasteiger partial charge in [0.2, 0.25) is 12.7 Å². The van der Waals surface area contributed by atoms with Gasteiger partial charge in [-0.2, -0.15) is 13.2 Å². The summed E-state index contributed by atoms with van der Waals surface area (Å²) in [6, 6.07) is 4.55. The quantitative estimate of drug-likeness (QED) is 0.359. The van der Waals surface area contributed by atoms with E-state index in [0.717, 1.165) is 0 Å². The number of carbonyl (C=O) groups excluding carboxylic acids is 3. The van der Waals surface area contributed by atoms with Gasteiger partial charge in [-0.25, -0.2) is 4.79 Å². The first-order valence-corrected chi connectivity index (χ1v) is 9.64. The lowest BCUT2D eigenvalue weighted by molar-refractivity contribution is -0.156. The second kappa shape index (κ2) is 10.5. The van der Waals surface area contributed by atoms with Crippen molar-refractivity contribution in [2.45, 2.75) is 51.6 Å². The zero-order valence-electron chi connectivity index (χ0n) is 17.0. The van der Waals surface area contributed by atoms with E-state index in [9.17, 15) is 32.6 Å². The number of carbonyl (C=O) groups is 3. The van der Waals surface area contributed by atoms with E-state index in [1.54, 1.807) is 26.0 Å². The van der Waals surface area contributed by atoms with Gasteiger partial charge in [-0.3, -0.25) is 9.59 Å². The first-order chi connectivity index (χ1) is 14.5. The zero-order valence-corrected chi connectivity index (χ0v) is 17.0. The van der Waals surface area contributed by atoms with E-state index in [0.29, 0.717) is 5.56 Å². The maximum absolute atomic E-state index is 12.3. The summed E-state index contributed by atoms with van der Waals surface area (Å²) in [5, 5.41) is 12.6. The second-order valence-electron chi connectivity index (χ2n) is 7.32. The van der Waals surface area contributed by atoms with Crippen LogP contribution in [-0.4, -0.2) is 48.9 Å². The third kappa shape index (κ3) is 7.46. The number of amides is 1. The van der Waals surface area contributed by atoms with Crippen molar-refractivity contribution in [1.29, 1.82) is 0 Å². The van der Waals surface area contributed by atoms with Gasteiger partial charge in [-0.05, 0) is 24.5 Å². The van der Waals surface area contributed by atoms with Crippen LogP contribution in [-0.2, 0) is 25.5 Å². The van der Waals surface area contributed by atoms with Gasteiger partial charge in [0.25, 0.3) is 0 Å². The molecule has 0 fully saturated rings. The third-order valence-electron chi connectivity index (χ3n) is 4.41. The average Bonchev–Trinajstić information content (AvgIpc) is 2.66. The number of benzene rings is 1. The lowest BCUT2D eigenvalue weighted by Crippen LogP contribution is -2.53. The molecular weight excluding hydrogens is 422 g/mol. The molecule has 0 bridgehead atoms. The Labute approximate surface area is 177 Å². The number of hydrogen-bond acceptors (Lipinski definition) is 7. The topological polar surface area (TPSA) is 111 Å². The van der Waals surface area contributed by atoms with Crippen LogP contribution in [0.3, 0.4) is 0 Å². The largest absolute Gasteiger partial charge is 0.547 e. The summed E-state index contributed by atoms with van der Waals surface area (Å²) < 4.78 is 51.6. The molecule has 31 heavy (non-hydrogen) atoms. The highest BCUT2D eigenvalue weighted by Gasteiger charge is 2.38. The van der Waals surface area contributed by atoms with Gasteiger partial charge in [0.1, 0.15) is 11.3 Å². The molecule has 0 saturated carbocycles. The van der Waals surface area contributed by atoms with Gasteiger partial charge in [-0.1, -0.05) is 26.0 Å². The first-order valence-electron chi connectivity index (χ1n) is 9.64. The van der Waals surface area contributed by atoms with Crippen LogP contribution in [0, 0.1) is 5.92 Å². The fraction of sp³-hybridized carbons (Fsp3) is 0.526. The number of ether oxygens (including phenoxy) is 2. The molecule has 2 rings (SSSR count). The van der Waals surface area contributed by atoms with Gasteiger partial charge >= 0.3 is 25.2 Å². The van der Waals surface area contributed by atoms with Crippen LogP contribution in [0.4, 0.5) is 13.2 Å². The van der Waals surface area contributed by atoms with Crippen molar-refractivity contribution in [3.63, 3.8) is 0 Å². The summed E-state index contributed by atoms with van der Waals surface area (Å²) in [5.74, 6) is -3.26. The Hall–Kier alpha value is -2.76. The summed E-state index contributed by atoms with van der Waals surface area (Å²) in [4.78, 5) is 35.6. The molecule has 170 valence electrons. The van der Waals surface area contributed by atoms with Crippen molar-refractivity contribution in [1.82, 2.24) is 5.32 Å². The number of para-hydroxylation sites is 1. The molecule has 2 N–H and O–H groups in total. The highest BCUT2D eigenvalue weighted by Crippen LogP contribution is 2.31. The highest BCUT2D eigenvalue weighted by molar-refractivity contribution is 6.47. The van der Waals surface area contributed by atoms with Crippen LogP contribution >= 0.6 is 0 Å². The predicted octanol–water partition coefficient (Wildman–Crippen LogP) is 2.17. The molecule has 8 nitrogen and oxygen atoms in total. The summed E-state index contributed by atoms with van der Waals surface area (Å²) in [6.07, 6.45) is -6.05. The van der Waals surface area contributed by atoms with Crippen LogP contribution in [0.5, 0.6) is 5.75 Å². The number of nitrogens with one attached hydrogen (secondary N) is 1. The third-order valence-corrected chi connectivity index (χ3v) is 4.41. The van der Waals surface area contributed by atoms with E-state index in [-0.39, 0.29) is 36.5 Å². The SMILES string of the molecule is CC(C)C(=O)OCOC(=O)c1cccc2c1OB(O)C(NC(=O)CCCC(F)(F)F)C2. The van der Waals surface area contributed by atoms with Crippen LogP contribution in [0.1, 0.15) is 49.0 Å². The zero-order chi connectivity index (χ0) is 23.2. The molecule has 12 heteroatoms. The summed E-state index contributed by atoms with van der Waals surface area (Å²) in [5.41, 5.74) is 0.478. The standard InChI is InChI=1S/C19H23BF3NO7/c1-11(2)17(26)29-10-30-18(27)13-6-3-5-12-9-14(20(28)31-16(12)13)24-15(25)7-4-8-19(21,22)23/h3,5-6,11,14,28H,4,7-10H2,1-2H3,(H,24,25). The van der Waals surface area contributed by atoms with Crippen LogP contribution in [0.15, 0.2) is 18.2 Å². The van der Waals surface area contributed by atoms with E-state index >= 15 is 0 Å². The molecule has 0 spiro atoms. The number of hydrogen-bond donors (Lipinski definition) is 2. The normalized spacial score (nSPS) is 15.7. The Morgan fingerprint density at radius 1 is 1.29 bits per heavy atom. The summed E-state index contributed by atoms with van der Waals surface area (Å²) in [6.45, 7) is 2.66. The minimum Gasteiger partial charge on any atom is -0.534 e. The molecule has 0 radical (unpaired) electrons. The number of fused-ring (bicyclic) bond motifs is 1. The van der Waals surface area contributed by atoms with Crippen molar-refractivity contribution in [2.24, 2.45) is 5.92 Å². The Morgan fingerprint density at radius 2 is 2.00 bits per heavy atom. The van der Waals surface area contributed by atoms with E-state index in [1.807, 2.05) is 0 Å². The Balaban J connectivity index is 1.96. The number of esters is 2. The number of rotatable bonds is 8. The van der Waals surface area contributed by atoms with Gasteiger partial charge in [0, 0.05) is 12.8 Å². The minimum atomic E-state index is -4.34. The smallest absolute Gasteiger partial charge is 0.534 e. The molecule has 0 aliphatic carbocycles. The maximum Gasteiger partial charge on any atom is 0.547 e. The molecule has 1 heterocycles. The maximum atomic E-state index is 12.3. The molecule has 1 atom stereocenters. The Kier molecular flexibility index (Phi) is 8.32. The molecule has 1 aromatic rings. The van der Waals surface area contributed by atoms with E-state index < -0.39 is 50.3 Å². The van der Waals surface area contributed by atoms with Crippen molar-refractivity contribution in [2.75, 3.05) is 6.79 Å². The average molecular weight is 445 g/mol. The summed E-state index contributed by atoms with van der Waals surface area (Å²) in [7, 11) is -1.52. The number of halogens is 3. The first kappa shape index (κ1) is 24.5. The molecular formula is C19H23BF3NO7. The molecule has 1 aliphatic rings. The fourth-order valence-corrected chi connectivity index (χ4v) is 2.82. The van der Waals surface area contributed by atoms with Crippen LogP contribution in [0.2, 0.25) is 0 Å². The van der Waals surface area contributed by atoms with Crippen molar-refractivity contribution >= 4 is 25.0 Å². The Bertz CT molecular complexity index is 816. The van der Waals surface area contributed by atoms with Gasteiger partial charge < -0.3 is 24.5 Å². The van der Waals surface area contributed by atoms with Crippen LogP contribution in [0.25, 0.3) is 0 Å². The highest BCUT2D eigenvalue weighted by atomic mass is 19.4. The lowest BCUT2D eigenvalue weighted by atomic mass is 9.72. The second-order valence-corrected chi connectivity index (χ2v) is 7.32. The lowest BCUT2D eigenvalue weighted by Gasteiger charge is -2.29. The van der Waals surface area contributed by atoms with Gasteiger partial charge in [0.05, 0.1) is 11.9 Å². The van der Waals surface area contributed by atoms with Gasteiger partial charge in [-0.15, -0.1) is 0 Å². The van der Waals surface area contributed by atoms with E-state index in [2.05, 4.69) is 5.32 Å². The molecule has 1 amide bonds. The van der Waals surface area contributed by atoms with Crippen molar-refractivity contribution in [3.05, 3.63) is 29.3 Å².